The van der Waals surface area contributed by atoms with Gasteiger partial charge in [0, 0.05) is 61.9 Å². The van der Waals surface area contributed by atoms with E-state index in [9.17, 15) is 10.1 Å². The second kappa shape index (κ2) is 6.35. The van der Waals surface area contributed by atoms with Crippen LogP contribution in [0.25, 0.3) is 10.8 Å². The molecule has 7 nitrogen and oxygen atoms in total. The molecule has 1 fully saturated rings. The number of nitrogens with zero attached hydrogens (tertiary/aromatic N) is 5. The normalized spacial score (nSPS) is 14.7. The molecular formula is C18H17N5O2. The molecule has 4 rings (SSSR count). The summed E-state index contributed by atoms with van der Waals surface area (Å²) in [5.41, 5.74) is 1.11. The molecule has 1 aliphatic heterocycles. The van der Waals surface area contributed by atoms with Crippen LogP contribution in [0.2, 0.25) is 0 Å². The molecule has 0 saturated carbocycles. The fourth-order valence-corrected chi connectivity index (χ4v) is 3.31. The highest BCUT2D eigenvalue weighted by Gasteiger charge is 2.22. The van der Waals surface area contributed by atoms with E-state index >= 15 is 0 Å². The Morgan fingerprint density at radius 3 is 2.44 bits per heavy atom. The third-order valence-electron chi connectivity index (χ3n) is 4.56. The summed E-state index contributed by atoms with van der Waals surface area (Å²) in [6.07, 6.45) is 5.05. The van der Waals surface area contributed by atoms with Gasteiger partial charge in [0.25, 0.3) is 5.69 Å². The lowest BCUT2D eigenvalue weighted by molar-refractivity contribution is -0.383. The number of piperazine rings is 1. The zero-order valence-corrected chi connectivity index (χ0v) is 13.6. The van der Waals surface area contributed by atoms with Crippen molar-refractivity contribution in [3.63, 3.8) is 0 Å². The van der Waals surface area contributed by atoms with Gasteiger partial charge < -0.3 is 9.80 Å². The summed E-state index contributed by atoms with van der Waals surface area (Å²) < 4.78 is 0. The van der Waals surface area contributed by atoms with Crippen molar-refractivity contribution in [2.45, 2.75) is 0 Å². The van der Waals surface area contributed by atoms with Crippen molar-refractivity contribution in [1.29, 1.82) is 0 Å². The molecular weight excluding hydrogens is 318 g/mol. The molecule has 2 aromatic heterocycles. The number of non-ortho nitro benzene ring substituents is 1. The Morgan fingerprint density at radius 1 is 0.920 bits per heavy atom. The van der Waals surface area contributed by atoms with E-state index < -0.39 is 0 Å². The van der Waals surface area contributed by atoms with E-state index in [1.54, 1.807) is 24.7 Å². The van der Waals surface area contributed by atoms with E-state index in [1.165, 1.54) is 0 Å². The molecule has 1 aromatic carbocycles. The van der Waals surface area contributed by atoms with Gasteiger partial charge in [-0.25, -0.2) is 4.98 Å². The third-order valence-corrected chi connectivity index (χ3v) is 4.56. The second-order valence-electron chi connectivity index (χ2n) is 5.94. The van der Waals surface area contributed by atoms with E-state index in [4.69, 9.17) is 0 Å². The third kappa shape index (κ3) is 2.84. The lowest BCUT2D eigenvalue weighted by Crippen LogP contribution is -2.46. The van der Waals surface area contributed by atoms with E-state index in [0.717, 1.165) is 43.1 Å². The Morgan fingerprint density at radius 2 is 1.72 bits per heavy atom. The summed E-state index contributed by atoms with van der Waals surface area (Å²) in [5.74, 6) is 0.986. The number of anilines is 2. The van der Waals surface area contributed by atoms with Crippen LogP contribution in [-0.2, 0) is 0 Å². The van der Waals surface area contributed by atoms with Gasteiger partial charge in [-0.1, -0.05) is 6.07 Å². The number of nitro benzene ring substituents is 1. The molecule has 0 unspecified atom stereocenters. The first-order chi connectivity index (χ1) is 12.2. The zero-order chi connectivity index (χ0) is 17.2. The summed E-state index contributed by atoms with van der Waals surface area (Å²) in [5, 5.41) is 12.7. The molecule has 0 amide bonds. The molecule has 25 heavy (non-hydrogen) atoms. The van der Waals surface area contributed by atoms with Gasteiger partial charge in [0.15, 0.2) is 0 Å². The minimum absolute atomic E-state index is 0.0963. The van der Waals surface area contributed by atoms with Crippen LogP contribution in [0, 0.1) is 10.1 Å². The van der Waals surface area contributed by atoms with Crippen molar-refractivity contribution in [2.24, 2.45) is 0 Å². The lowest BCUT2D eigenvalue weighted by atomic mass is 10.1. The Balaban J connectivity index is 1.62. The highest BCUT2D eigenvalue weighted by atomic mass is 16.6. The first-order valence-electron chi connectivity index (χ1n) is 8.16. The summed E-state index contributed by atoms with van der Waals surface area (Å²) in [4.78, 5) is 23.9. The van der Waals surface area contributed by atoms with Crippen molar-refractivity contribution in [2.75, 3.05) is 36.0 Å². The van der Waals surface area contributed by atoms with Gasteiger partial charge in [-0.05, 0) is 24.3 Å². The number of aromatic nitrogens is 2. The molecule has 126 valence electrons. The number of hydrogen-bond donors (Lipinski definition) is 0. The van der Waals surface area contributed by atoms with Gasteiger partial charge in [-0.15, -0.1) is 0 Å². The second-order valence-corrected chi connectivity index (χ2v) is 5.94. The van der Waals surface area contributed by atoms with Crippen molar-refractivity contribution >= 4 is 28.0 Å². The molecule has 0 N–H and O–H groups in total. The van der Waals surface area contributed by atoms with Gasteiger partial charge in [-0.3, -0.25) is 15.1 Å². The van der Waals surface area contributed by atoms with Crippen LogP contribution in [0.3, 0.4) is 0 Å². The quantitative estimate of drug-likeness (QED) is 0.541. The number of rotatable bonds is 3. The van der Waals surface area contributed by atoms with Crippen LogP contribution in [-0.4, -0.2) is 41.1 Å². The SMILES string of the molecule is O=[N+]([O-])c1ccc(N2CCN(c3ccccn3)CC2)c2ccncc12. The standard InChI is InChI=1S/C18H17N5O2/c24-23(25)17-5-4-16(14-6-8-19-13-15(14)17)21-9-11-22(12-10-21)18-3-1-2-7-20-18/h1-8,13H,9-12H2. The van der Waals surface area contributed by atoms with E-state index in [-0.39, 0.29) is 10.6 Å². The topological polar surface area (TPSA) is 75.4 Å². The molecule has 1 aliphatic rings. The summed E-state index contributed by atoms with van der Waals surface area (Å²) >= 11 is 0. The van der Waals surface area contributed by atoms with E-state index in [1.807, 2.05) is 30.3 Å². The molecule has 0 radical (unpaired) electrons. The maximum Gasteiger partial charge on any atom is 0.278 e. The first kappa shape index (κ1) is 15.3. The van der Waals surface area contributed by atoms with Crippen molar-refractivity contribution < 1.29 is 4.92 Å². The Hall–Kier alpha value is -3.22. The van der Waals surface area contributed by atoms with Gasteiger partial charge in [0.2, 0.25) is 0 Å². The van der Waals surface area contributed by atoms with Gasteiger partial charge in [0.05, 0.1) is 10.3 Å². The Kier molecular flexibility index (Phi) is 3.89. The van der Waals surface area contributed by atoms with Crippen molar-refractivity contribution in [3.8, 4) is 0 Å². The molecule has 0 bridgehead atoms. The summed E-state index contributed by atoms with van der Waals surface area (Å²) in [6, 6.07) is 11.2. The number of benzene rings is 1. The number of nitro groups is 1. The molecule has 0 atom stereocenters. The fraction of sp³-hybridized carbons (Fsp3) is 0.222. The molecule has 3 heterocycles. The monoisotopic (exact) mass is 335 g/mol. The maximum absolute atomic E-state index is 11.3. The Bertz CT molecular complexity index is 908. The highest BCUT2D eigenvalue weighted by molar-refractivity contribution is 5.99. The van der Waals surface area contributed by atoms with Crippen LogP contribution in [0.1, 0.15) is 0 Å². The van der Waals surface area contributed by atoms with Gasteiger partial charge in [0.1, 0.15) is 5.82 Å². The molecule has 3 aromatic rings. The van der Waals surface area contributed by atoms with Crippen LogP contribution in [0.5, 0.6) is 0 Å². The highest BCUT2D eigenvalue weighted by Crippen LogP contribution is 2.33. The van der Waals surface area contributed by atoms with Crippen LogP contribution in [0.15, 0.2) is 55.0 Å². The molecule has 0 aliphatic carbocycles. The summed E-state index contributed by atoms with van der Waals surface area (Å²) in [7, 11) is 0. The Labute approximate surface area is 144 Å². The van der Waals surface area contributed by atoms with Crippen LogP contribution >= 0.6 is 0 Å². The molecule has 7 heteroatoms. The van der Waals surface area contributed by atoms with Crippen molar-refractivity contribution in [3.05, 3.63) is 65.1 Å². The van der Waals surface area contributed by atoms with Gasteiger partial charge in [-0.2, -0.15) is 0 Å². The van der Waals surface area contributed by atoms with E-state index in [0.29, 0.717) is 5.39 Å². The fourth-order valence-electron chi connectivity index (χ4n) is 3.31. The number of fused-ring (bicyclic) bond motifs is 1. The average Bonchev–Trinajstić information content (AvgIpc) is 2.68. The number of hydrogen-bond acceptors (Lipinski definition) is 6. The predicted molar refractivity (Wildman–Crippen MR) is 97.1 cm³/mol. The molecule has 0 spiro atoms. The largest absolute Gasteiger partial charge is 0.367 e. The molecule has 1 saturated heterocycles. The smallest absolute Gasteiger partial charge is 0.278 e. The summed E-state index contributed by atoms with van der Waals surface area (Å²) in [6.45, 7) is 3.40. The first-order valence-corrected chi connectivity index (χ1v) is 8.16. The lowest BCUT2D eigenvalue weighted by Gasteiger charge is -2.37. The van der Waals surface area contributed by atoms with Crippen molar-refractivity contribution in [1.82, 2.24) is 9.97 Å². The average molecular weight is 335 g/mol. The van der Waals surface area contributed by atoms with Crippen LogP contribution < -0.4 is 9.80 Å². The van der Waals surface area contributed by atoms with E-state index in [2.05, 4.69) is 19.8 Å². The van der Waals surface area contributed by atoms with Gasteiger partial charge >= 0.3 is 0 Å². The van der Waals surface area contributed by atoms with Crippen LogP contribution in [0.4, 0.5) is 17.2 Å². The maximum atomic E-state index is 11.3. The predicted octanol–water partition coefficient (Wildman–Crippen LogP) is 2.86. The number of pyridine rings is 2. The zero-order valence-electron chi connectivity index (χ0n) is 13.6. The minimum atomic E-state index is -0.354. The minimum Gasteiger partial charge on any atom is -0.367 e.